The maximum atomic E-state index is 11.1. The van der Waals surface area contributed by atoms with E-state index in [9.17, 15) is 13.2 Å². The second-order valence-corrected chi connectivity index (χ2v) is 6.98. The number of carboxylic acid groups (broad SMARTS) is 1. The Balaban J connectivity index is 2.35. The molecule has 0 aliphatic heterocycles. The van der Waals surface area contributed by atoms with Crippen LogP contribution in [0.3, 0.4) is 0 Å². The van der Waals surface area contributed by atoms with Crippen LogP contribution in [-0.4, -0.2) is 44.2 Å². The molecule has 1 unspecified atom stereocenters. The van der Waals surface area contributed by atoms with E-state index in [1.165, 1.54) is 6.26 Å². The van der Waals surface area contributed by atoms with Gasteiger partial charge in [-0.25, -0.2) is 13.2 Å². The number of carboxylic acids is 1. The van der Waals surface area contributed by atoms with E-state index in [1.54, 1.807) is 0 Å². The first-order valence-corrected chi connectivity index (χ1v) is 8.50. The van der Waals surface area contributed by atoms with Crippen molar-refractivity contribution in [2.24, 2.45) is 0 Å². The summed E-state index contributed by atoms with van der Waals surface area (Å²) in [4.78, 5) is 11.1. The summed E-state index contributed by atoms with van der Waals surface area (Å²) in [5.41, 5.74) is 0.899. The Hall–Kier alpha value is -1.40. The Morgan fingerprint density at radius 2 is 1.90 bits per heavy atom. The van der Waals surface area contributed by atoms with E-state index < -0.39 is 21.9 Å². The topological polar surface area (TPSA) is 80.7 Å². The normalized spacial score (nSPS) is 13.1. The van der Waals surface area contributed by atoms with Crippen LogP contribution in [0.5, 0.6) is 0 Å². The Morgan fingerprint density at radius 3 is 2.45 bits per heavy atom. The van der Waals surface area contributed by atoms with E-state index in [4.69, 9.17) is 9.84 Å². The summed E-state index contributed by atoms with van der Waals surface area (Å²) in [6, 6.07) is 9.26. The molecule has 1 aromatic carbocycles. The van der Waals surface area contributed by atoms with Gasteiger partial charge in [-0.15, -0.1) is 0 Å². The number of hydrogen-bond acceptors (Lipinski definition) is 4. The van der Waals surface area contributed by atoms with Gasteiger partial charge < -0.3 is 9.84 Å². The average molecular weight is 300 g/mol. The smallest absolute Gasteiger partial charge is 0.333 e. The molecule has 1 atom stereocenters. The third kappa shape index (κ3) is 7.25. The summed E-state index contributed by atoms with van der Waals surface area (Å²) < 4.78 is 27.2. The lowest BCUT2D eigenvalue weighted by molar-refractivity contribution is -0.150. The van der Waals surface area contributed by atoms with Crippen molar-refractivity contribution in [3.05, 3.63) is 35.9 Å². The fourth-order valence-corrected chi connectivity index (χ4v) is 2.47. The molecule has 0 spiro atoms. The molecule has 1 N–H and O–H groups in total. The van der Waals surface area contributed by atoms with E-state index in [-0.39, 0.29) is 12.4 Å². The van der Waals surface area contributed by atoms with Gasteiger partial charge in [0.1, 0.15) is 9.84 Å². The molecule has 1 rings (SSSR count). The molecule has 0 saturated carbocycles. The van der Waals surface area contributed by atoms with Gasteiger partial charge in [-0.1, -0.05) is 30.3 Å². The molecule has 0 aliphatic rings. The molecule has 0 bridgehead atoms. The predicted molar refractivity (Wildman–Crippen MR) is 76.5 cm³/mol. The second kappa shape index (κ2) is 8.01. The second-order valence-electron chi connectivity index (χ2n) is 4.72. The molecule has 6 heteroatoms. The van der Waals surface area contributed by atoms with Crippen molar-refractivity contribution < 1.29 is 23.1 Å². The Morgan fingerprint density at radius 1 is 1.25 bits per heavy atom. The highest BCUT2D eigenvalue weighted by Crippen LogP contribution is 2.07. The number of ether oxygens (including phenoxy) is 1. The quantitative estimate of drug-likeness (QED) is 0.699. The summed E-state index contributed by atoms with van der Waals surface area (Å²) in [7, 11) is -2.96. The van der Waals surface area contributed by atoms with E-state index in [0.29, 0.717) is 19.3 Å². The molecule has 0 aromatic heterocycles. The van der Waals surface area contributed by atoms with E-state index in [0.717, 1.165) is 5.56 Å². The van der Waals surface area contributed by atoms with Crippen LogP contribution in [0.4, 0.5) is 0 Å². The summed E-state index contributed by atoms with van der Waals surface area (Å²) >= 11 is 0. The molecule has 0 aliphatic carbocycles. The van der Waals surface area contributed by atoms with Gasteiger partial charge >= 0.3 is 5.97 Å². The summed E-state index contributed by atoms with van der Waals surface area (Å²) in [5, 5.41) is 9.10. The lowest BCUT2D eigenvalue weighted by atomic mass is 10.1. The first-order chi connectivity index (χ1) is 9.38. The monoisotopic (exact) mass is 300 g/mol. The molecule has 20 heavy (non-hydrogen) atoms. The van der Waals surface area contributed by atoms with Crippen LogP contribution in [0.25, 0.3) is 0 Å². The zero-order valence-electron chi connectivity index (χ0n) is 11.5. The van der Waals surface area contributed by atoms with E-state index >= 15 is 0 Å². The molecule has 0 amide bonds. The van der Waals surface area contributed by atoms with Gasteiger partial charge in [-0.3, -0.25) is 0 Å². The van der Waals surface area contributed by atoms with Gasteiger partial charge in [0.05, 0.1) is 0 Å². The van der Waals surface area contributed by atoms with Crippen LogP contribution >= 0.6 is 0 Å². The highest BCUT2D eigenvalue weighted by molar-refractivity contribution is 7.90. The van der Waals surface area contributed by atoms with Crippen LogP contribution in [0, 0.1) is 0 Å². The SMILES string of the molecule is CS(=O)(=O)CCCCOC(Cc1ccccc1)C(=O)O. The largest absolute Gasteiger partial charge is 0.479 e. The Kier molecular flexibility index (Phi) is 6.67. The summed E-state index contributed by atoms with van der Waals surface area (Å²) in [5.74, 6) is -0.899. The summed E-state index contributed by atoms with van der Waals surface area (Å²) in [6.45, 7) is 0.249. The minimum atomic E-state index is -2.96. The number of carbonyl (C=O) groups is 1. The number of sulfone groups is 1. The third-order valence-electron chi connectivity index (χ3n) is 2.77. The van der Waals surface area contributed by atoms with E-state index in [1.807, 2.05) is 30.3 Å². The number of unbranched alkanes of at least 4 members (excludes halogenated alkanes) is 1. The van der Waals surface area contributed by atoms with Gasteiger partial charge in [-0.2, -0.15) is 0 Å². The van der Waals surface area contributed by atoms with Crippen molar-refractivity contribution in [3.8, 4) is 0 Å². The molecule has 0 heterocycles. The van der Waals surface area contributed by atoms with Gasteiger partial charge in [0, 0.05) is 25.0 Å². The molecule has 0 radical (unpaired) electrons. The Bertz CT molecular complexity index is 510. The molecular formula is C14H20O5S. The molecule has 5 nitrogen and oxygen atoms in total. The Labute approximate surface area is 119 Å². The van der Waals surface area contributed by atoms with Crippen LogP contribution in [0.1, 0.15) is 18.4 Å². The number of aliphatic carboxylic acids is 1. The number of rotatable bonds is 9. The lowest BCUT2D eigenvalue weighted by Crippen LogP contribution is -2.27. The summed E-state index contributed by atoms with van der Waals surface area (Å²) in [6.07, 6.45) is 1.61. The average Bonchev–Trinajstić information content (AvgIpc) is 2.36. The van der Waals surface area contributed by atoms with Crippen molar-refractivity contribution in [1.29, 1.82) is 0 Å². The van der Waals surface area contributed by atoms with Gasteiger partial charge in [0.25, 0.3) is 0 Å². The van der Waals surface area contributed by atoms with Crippen molar-refractivity contribution in [3.63, 3.8) is 0 Å². The van der Waals surface area contributed by atoms with Gasteiger partial charge in [0.2, 0.25) is 0 Å². The predicted octanol–water partition coefficient (Wildman–Crippen LogP) is 1.52. The van der Waals surface area contributed by atoms with Crippen LogP contribution in [-0.2, 0) is 25.8 Å². The van der Waals surface area contributed by atoms with Gasteiger partial charge in [-0.05, 0) is 18.4 Å². The molecule has 1 aromatic rings. The third-order valence-corrected chi connectivity index (χ3v) is 3.80. The highest BCUT2D eigenvalue weighted by Gasteiger charge is 2.18. The number of hydrogen-bond donors (Lipinski definition) is 1. The fourth-order valence-electron chi connectivity index (χ4n) is 1.74. The molecule has 0 saturated heterocycles. The molecular weight excluding hydrogens is 280 g/mol. The maximum absolute atomic E-state index is 11.1. The van der Waals surface area contributed by atoms with Crippen molar-refractivity contribution in [2.45, 2.75) is 25.4 Å². The van der Waals surface area contributed by atoms with Gasteiger partial charge in [0.15, 0.2) is 6.10 Å². The maximum Gasteiger partial charge on any atom is 0.333 e. The number of benzene rings is 1. The molecule has 0 fully saturated rings. The van der Waals surface area contributed by atoms with E-state index in [2.05, 4.69) is 0 Å². The highest BCUT2D eigenvalue weighted by atomic mass is 32.2. The van der Waals surface area contributed by atoms with Crippen LogP contribution in [0.2, 0.25) is 0 Å². The zero-order valence-corrected chi connectivity index (χ0v) is 12.3. The van der Waals surface area contributed by atoms with Crippen molar-refractivity contribution >= 4 is 15.8 Å². The first-order valence-electron chi connectivity index (χ1n) is 6.44. The zero-order chi connectivity index (χ0) is 15.0. The van der Waals surface area contributed by atoms with Crippen LogP contribution < -0.4 is 0 Å². The molecule has 112 valence electrons. The fraction of sp³-hybridized carbons (Fsp3) is 0.500. The minimum absolute atomic E-state index is 0.104. The van der Waals surface area contributed by atoms with Crippen molar-refractivity contribution in [2.75, 3.05) is 18.6 Å². The van der Waals surface area contributed by atoms with Crippen molar-refractivity contribution in [1.82, 2.24) is 0 Å². The van der Waals surface area contributed by atoms with Crippen LogP contribution in [0.15, 0.2) is 30.3 Å². The standard InChI is InChI=1S/C14H20O5S/c1-20(17,18)10-6-5-9-19-13(14(15)16)11-12-7-3-2-4-8-12/h2-4,7-8,13H,5-6,9-11H2,1H3,(H,15,16). The first kappa shape index (κ1) is 16.7. The lowest BCUT2D eigenvalue weighted by Gasteiger charge is -2.13. The minimum Gasteiger partial charge on any atom is -0.479 e.